The first-order valence-corrected chi connectivity index (χ1v) is 5.37. The molecule has 0 saturated heterocycles. The molecule has 1 aromatic heterocycles. The maximum absolute atomic E-state index is 4.40. The van der Waals surface area contributed by atoms with Crippen LogP contribution in [0.2, 0.25) is 0 Å². The number of aromatic nitrogens is 2. The summed E-state index contributed by atoms with van der Waals surface area (Å²) < 4.78 is 0. The number of hydrogen-bond acceptors (Lipinski definition) is 3. The van der Waals surface area contributed by atoms with Gasteiger partial charge in [0.25, 0.3) is 0 Å². The Labute approximate surface area is 86.2 Å². The highest BCUT2D eigenvalue weighted by Gasteiger charge is 2.04. The Kier molecular flexibility index (Phi) is 4.36. The molecule has 0 amide bonds. The fourth-order valence-electron chi connectivity index (χ4n) is 1.40. The highest BCUT2D eigenvalue weighted by Crippen LogP contribution is 2.09. The minimum atomic E-state index is 0.952. The smallest absolute Gasteiger partial charge is 0.147 e. The second-order valence-electron chi connectivity index (χ2n) is 3.30. The summed E-state index contributed by atoms with van der Waals surface area (Å²) in [4.78, 5) is 11.0. The van der Waals surface area contributed by atoms with Gasteiger partial charge in [-0.15, -0.1) is 0 Å². The summed E-state index contributed by atoms with van der Waals surface area (Å²) in [5.74, 6) is 0.992. The van der Waals surface area contributed by atoms with Crippen LogP contribution in [0.4, 0.5) is 5.82 Å². The first-order valence-electron chi connectivity index (χ1n) is 5.37. The Morgan fingerprint density at radius 3 is 2.36 bits per heavy atom. The minimum Gasteiger partial charge on any atom is -0.356 e. The quantitative estimate of drug-likeness (QED) is 0.718. The van der Waals surface area contributed by atoms with Crippen LogP contribution < -0.4 is 4.90 Å². The van der Waals surface area contributed by atoms with Crippen molar-refractivity contribution in [3.05, 3.63) is 18.1 Å². The van der Waals surface area contributed by atoms with Gasteiger partial charge in [-0.05, 0) is 19.8 Å². The fraction of sp³-hybridized carbons (Fsp3) is 0.636. The van der Waals surface area contributed by atoms with Crippen LogP contribution >= 0.6 is 0 Å². The second kappa shape index (κ2) is 5.58. The molecule has 0 saturated carbocycles. The Morgan fingerprint density at radius 2 is 1.93 bits per heavy atom. The Balaban J connectivity index is 2.73. The number of aryl methyl sites for hydroxylation is 1. The summed E-state index contributed by atoms with van der Waals surface area (Å²) in [6.45, 7) is 8.46. The van der Waals surface area contributed by atoms with E-state index in [1.54, 1.807) is 0 Å². The van der Waals surface area contributed by atoms with E-state index in [9.17, 15) is 0 Å². The SMILES string of the molecule is CCCN(CC)c1cnc(CC)cn1. The van der Waals surface area contributed by atoms with Crippen LogP contribution in [0.25, 0.3) is 0 Å². The lowest BCUT2D eigenvalue weighted by molar-refractivity contribution is 0.772. The summed E-state index contributed by atoms with van der Waals surface area (Å²) in [7, 11) is 0. The number of nitrogens with zero attached hydrogens (tertiary/aromatic N) is 3. The molecule has 0 bridgehead atoms. The van der Waals surface area contributed by atoms with E-state index in [2.05, 4.69) is 35.6 Å². The molecule has 1 rings (SSSR count). The third kappa shape index (κ3) is 2.69. The van der Waals surface area contributed by atoms with Crippen LogP contribution in [0, 0.1) is 0 Å². The van der Waals surface area contributed by atoms with Crippen LogP contribution in [-0.2, 0) is 6.42 Å². The maximum atomic E-state index is 4.40. The van der Waals surface area contributed by atoms with Gasteiger partial charge in [-0.2, -0.15) is 0 Å². The molecule has 0 fully saturated rings. The average molecular weight is 193 g/mol. The fourth-order valence-corrected chi connectivity index (χ4v) is 1.40. The van der Waals surface area contributed by atoms with Gasteiger partial charge in [-0.1, -0.05) is 13.8 Å². The van der Waals surface area contributed by atoms with Gasteiger partial charge in [-0.3, -0.25) is 4.98 Å². The largest absolute Gasteiger partial charge is 0.356 e. The van der Waals surface area contributed by atoms with Crippen molar-refractivity contribution in [3.8, 4) is 0 Å². The molecule has 0 aliphatic carbocycles. The molecule has 0 radical (unpaired) electrons. The van der Waals surface area contributed by atoms with E-state index in [0.29, 0.717) is 0 Å². The van der Waals surface area contributed by atoms with E-state index in [1.165, 1.54) is 0 Å². The van der Waals surface area contributed by atoms with E-state index in [1.807, 2.05) is 12.4 Å². The van der Waals surface area contributed by atoms with Gasteiger partial charge < -0.3 is 4.90 Å². The normalized spacial score (nSPS) is 10.2. The van der Waals surface area contributed by atoms with Crippen molar-refractivity contribution in [3.63, 3.8) is 0 Å². The molecule has 3 heteroatoms. The lowest BCUT2D eigenvalue weighted by atomic mass is 10.3. The third-order valence-electron chi connectivity index (χ3n) is 2.25. The number of anilines is 1. The summed E-state index contributed by atoms with van der Waals surface area (Å²) in [6.07, 6.45) is 5.84. The van der Waals surface area contributed by atoms with Gasteiger partial charge in [0.05, 0.1) is 18.1 Å². The molecule has 1 heterocycles. The standard InChI is InChI=1S/C11H19N3/c1-4-7-14(6-3)11-9-12-10(5-2)8-13-11/h8-9H,4-7H2,1-3H3. The maximum Gasteiger partial charge on any atom is 0.147 e. The first-order chi connectivity index (χ1) is 6.81. The van der Waals surface area contributed by atoms with Crippen molar-refractivity contribution in [1.82, 2.24) is 9.97 Å². The predicted molar refractivity (Wildman–Crippen MR) is 59.6 cm³/mol. The van der Waals surface area contributed by atoms with Crippen LogP contribution in [0.1, 0.15) is 32.9 Å². The monoisotopic (exact) mass is 193 g/mol. The molecule has 3 nitrogen and oxygen atoms in total. The Morgan fingerprint density at radius 1 is 1.14 bits per heavy atom. The van der Waals surface area contributed by atoms with Crippen LogP contribution in [-0.4, -0.2) is 23.1 Å². The van der Waals surface area contributed by atoms with Gasteiger partial charge in [-0.25, -0.2) is 4.98 Å². The molecule has 14 heavy (non-hydrogen) atoms. The lowest BCUT2D eigenvalue weighted by Crippen LogP contribution is -2.24. The summed E-state index contributed by atoms with van der Waals surface area (Å²) in [5, 5.41) is 0. The van der Waals surface area contributed by atoms with Gasteiger partial charge in [0.1, 0.15) is 5.82 Å². The van der Waals surface area contributed by atoms with Gasteiger partial charge >= 0.3 is 0 Å². The summed E-state index contributed by atoms with van der Waals surface area (Å²) in [5.41, 5.74) is 1.06. The zero-order chi connectivity index (χ0) is 10.4. The zero-order valence-corrected chi connectivity index (χ0v) is 9.32. The molecule has 0 aliphatic heterocycles. The van der Waals surface area contributed by atoms with Gasteiger partial charge in [0.2, 0.25) is 0 Å². The van der Waals surface area contributed by atoms with Crippen molar-refractivity contribution in [2.45, 2.75) is 33.6 Å². The lowest BCUT2D eigenvalue weighted by Gasteiger charge is -2.20. The number of hydrogen-bond donors (Lipinski definition) is 0. The molecule has 78 valence electrons. The topological polar surface area (TPSA) is 29.0 Å². The van der Waals surface area contributed by atoms with E-state index < -0.39 is 0 Å². The van der Waals surface area contributed by atoms with E-state index >= 15 is 0 Å². The van der Waals surface area contributed by atoms with Crippen LogP contribution in [0.3, 0.4) is 0 Å². The van der Waals surface area contributed by atoms with Crippen molar-refractivity contribution >= 4 is 5.82 Å². The molecular weight excluding hydrogens is 174 g/mol. The average Bonchev–Trinajstić information content (AvgIpc) is 2.26. The molecular formula is C11H19N3. The molecule has 0 aromatic carbocycles. The molecule has 1 aromatic rings. The van der Waals surface area contributed by atoms with Gasteiger partial charge in [0, 0.05) is 13.1 Å². The van der Waals surface area contributed by atoms with E-state index in [4.69, 9.17) is 0 Å². The molecule has 0 N–H and O–H groups in total. The van der Waals surface area contributed by atoms with E-state index in [-0.39, 0.29) is 0 Å². The van der Waals surface area contributed by atoms with E-state index in [0.717, 1.165) is 37.4 Å². The van der Waals surface area contributed by atoms with Crippen molar-refractivity contribution in [2.24, 2.45) is 0 Å². The van der Waals surface area contributed by atoms with Gasteiger partial charge in [0.15, 0.2) is 0 Å². The molecule has 0 unspecified atom stereocenters. The summed E-state index contributed by atoms with van der Waals surface area (Å²) >= 11 is 0. The third-order valence-corrected chi connectivity index (χ3v) is 2.25. The van der Waals surface area contributed by atoms with Crippen molar-refractivity contribution in [1.29, 1.82) is 0 Å². The number of rotatable bonds is 5. The van der Waals surface area contributed by atoms with Crippen LogP contribution in [0.15, 0.2) is 12.4 Å². The highest BCUT2D eigenvalue weighted by molar-refractivity contribution is 5.35. The Hall–Kier alpha value is -1.12. The van der Waals surface area contributed by atoms with Crippen molar-refractivity contribution in [2.75, 3.05) is 18.0 Å². The molecule has 0 aliphatic rings. The van der Waals surface area contributed by atoms with Crippen molar-refractivity contribution < 1.29 is 0 Å². The Bertz CT molecular complexity index is 256. The molecule has 0 atom stereocenters. The summed E-state index contributed by atoms with van der Waals surface area (Å²) in [6, 6.07) is 0. The zero-order valence-electron chi connectivity index (χ0n) is 9.32. The second-order valence-corrected chi connectivity index (χ2v) is 3.30. The predicted octanol–water partition coefficient (Wildman–Crippen LogP) is 2.28. The molecule has 0 spiro atoms. The van der Waals surface area contributed by atoms with Crippen LogP contribution in [0.5, 0.6) is 0 Å². The first kappa shape index (κ1) is 11.0. The minimum absolute atomic E-state index is 0.952. The highest BCUT2D eigenvalue weighted by atomic mass is 15.2.